The molecule has 2 N–H and O–H groups in total. The molecule has 3 rings (SSSR count). The zero-order chi connectivity index (χ0) is 15.9. The number of halogens is 1. The molecular weight excluding hydrogens is 320 g/mol. The van der Waals surface area contributed by atoms with Crippen LogP contribution in [0.2, 0.25) is 5.02 Å². The lowest BCUT2D eigenvalue weighted by Gasteiger charge is -2.07. The summed E-state index contributed by atoms with van der Waals surface area (Å²) in [6.07, 6.45) is 0. The Labute approximate surface area is 136 Å². The number of para-hydroxylation sites is 1. The predicted molar refractivity (Wildman–Crippen MR) is 90.2 cm³/mol. The first-order chi connectivity index (χ1) is 10.5. The minimum absolute atomic E-state index is 0.0702. The summed E-state index contributed by atoms with van der Waals surface area (Å²) in [5.41, 5.74) is 2.61. The summed E-state index contributed by atoms with van der Waals surface area (Å²) >= 11 is 7.34. The van der Waals surface area contributed by atoms with Gasteiger partial charge in [-0.2, -0.15) is 0 Å². The van der Waals surface area contributed by atoms with Crippen LogP contribution in [0.1, 0.15) is 21.5 Å². The van der Waals surface area contributed by atoms with Crippen molar-refractivity contribution in [3.63, 3.8) is 0 Å². The number of rotatable bonds is 2. The average Bonchev–Trinajstić information content (AvgIpc) is 2.86. The number of aromatic hydroxyl groups is 1. The normalized spacial score (nSPS) is 10.9. The van der Waals surface area contributed by atoms with Crippen LogP contribution < -0.4 is 5.32 Å². The molecule has 0 spiro atoms. The Balaban J connectivity index is 1.95. The summed E-state index contributed by atoms with van der Waals surface area (Å²) in [7, 11) is 0. The number of amides is 1. The van der Waals surface area contributed by atoms with Crippen LogP contribution in [0.5, 0.6) is 5.75 Å². The van der Waals surface area contributed by atoms with Crippen LogP contribution in [0.4, 0.5) is 5.13 Å². The maximum Gasteiger partial charge on any atom is 0.261 e. The molecule has 0 atom stereocenters. The standard InChI is InChI=1S/C16H13ClN2O2S/c1-8-4-3-5-12-13(8)18-16(22-12)19-15(21)11-7-10(17)6-9(2)14(11)20/h3-7,20H,1-2H3,(H,18,19,21). The van der Waals surface area contributed by atoms with Gasteiger partial charge in [-0.05, 0) is 43.2 Å². The van der Waals surface area contributed by atoms with E-state index >= 15 is 0 Å². The van der Waals surface area contributed by atoms with E-state index in [-0.39, 0.29) is 11.3 Å². The van der Waals surface area contributed by atoms with Crippen molar-refractivity contribution in [2.45, 2.75) is 13.8 Å². The van der Waals surface area contributed by atoms with Gasteiger partial charge in [-0.1, -0.05) is 35.1 Å². The molecule has 1 amide bonds. The van der Waals surface area contributed by atoms with Crippen LogP contribution in [0.15, 0.2) is 30.3 Å². The molecule has 0 aliphatic rings. The number of nitrogens with zero attached hydrogens (tertiary/aromatic N) is 1. The number of hydrogen-bond acceptors (Lipinski definition) is 4. The van der Waals surface area contributed by atoms with Gasteiger partial charge in [0.25, 0.3) is 5.91 Å². The van der Waals surface area contributed by atoms with E-state index in [1.165, 1.54) is 17.4 Å². The van der Waals surface area contributed by atoms with E-state index in [9.17, 15) is 9.90 Å². The second kappa shape index (κ2) is 5.59. The Morgan fingerprint density at radius 3 is 2.77 bits per heavy atom. The number of aryl methyl sites for hydroxylation is 2. The summed E-state index contributed by atoms with van der Waals surface area (Å²) in [6, 6.07) is 8.93. The van der Waals surface area contributed by atoms with Crippen LogP contribution in [-0.2, 0) is 0 Å². The van der Waals surface area contributed by atoms with Crippen LogP contribution >= 0.6 is 22.9 Å². The van der Waals surface area contributed by atoms with Crippen molar-refractivity contribution in [2.24, 2.45) is 0 Å². The molecule has 0 aliphatic heterocycles. The van der Waals surface area contributed by atoms with Gasteiger partial charge in [-0.3, -0.25) is 10.1 Å². The molecule has 1 heterocycles. The van der Waals surface area contributed by atoms with Gasteiger partial charge in [0.15, 0.2) is 5.13 Å². The SMILES string of the molecule is Cc1cc(Cl)cc(C(=O)Nc2nc3c(C)cccc3s2)c1O. The second-order valence-electron chi connectivity index (χ2n) is 5.01. The number of carbonyl (C=O) groups excluding carboxylic acids is 1. The topological polar surface area (TPSA) is 62.2 Å². The van der Waals surface area contributed by atoms with E-state index < -0.39 is 5.91 Å². The van der Waals surface area contributed by atoms with Gasteiger partial charge in [-0.15, -0.1) is 0 Å². The molecule has 0 radical (unpaired) electrons. The van der Waals surface area contributed by atoms with Gasteiger partial charge >= 0.3 is 0 Å². The first kappa shape index (κ1) is 14.8. The van der Waals surface area contributed by atoms with E-state index in [1.54, 1.807) is 13.0 Å². The zero-order valence-corrected chi connectivity index (χ0v) is 13.5. The van der Waals surface area contributed by atoms with Gasteiger partial charge in [0, 0.05) is 5.02 Å². The van der Waals surface area contributed by atoms with Crippen molar-refractivity contribution in [1.29, 1.82) is 0 Å². The van der Waals surface area contributed by atoms with Gasteiger partial charge in [-0.25, -0.2) is 4.98 Å². The summed E-state index contributed by atoms with van der Waals surface area (Å²) < 4.78 is 1.00. The summed E-state index contributed by atoms with van der Waals surface area (Å²) in [5, 5.41) is 13.6. The number of nitrogens with one attached hydrogen (secondary N) is 1. The predicted octanol–water partition coefficient (Wildman–Crippen LogP) is 4.52. The monoisotopic (exact) mass is 332 g/mol. The van der Waals surface area contributed by atoms with Crippen molar-refractivity contribution >= 4 is 44.2 Å². The van der Waals surface area contributed by atoms with Crippen LogP contribution in [0.25, 0.3) is 10.2 Å². The molecule has 0 aliphatic carbocycles. The van der Waals surface area contributed by atoms with Gasteiger partial charge < -0.3 is 5.11 Å². The number of carbonyl (C=O) groups is 1. The molecule has 0 bridgehead atoms. The second-order valence-corrected chi connectivity index (χ2v) is 6.48. The third-order valence-corrected chi connectivity index (χ3v) is 4.51. The first-order valence-electron chi connectivity index (χ1n) is 6.62. The number of aromatic nitrogens is 1. The van der Waals surface area contributed by atoms with E-state index in [0.29, 0.717) is 15.7 Å². The summed E-state index contributed by atoms with van der Waals surface area (Å²) in [6.45, 7) is 3.67. The highest BCUT2D eigenvalue weighted by atomic mass is 35.5. The Kier molecular flexibility index (Phi) is 3.76. The lowest BCUT2D eigenvalue weighted by Crippen LogP contribution is -2.12. The molecule has 6 heteroatoms. The summed E-state index contributed by atoms with van der Waals surface area (Å²) in [5.74, 6) is -0.501. The van der Waals surface area contributed by atoms with Gasteiger partial charge in [0.05, 0.1) is 15.8 Å². The molecule has 1 aromatic heterocycles. The Morgan fingerprint density at radius 1 is 1.27 bits per heavy atom. The maximum atomic E-state index is 12.3. The largest absolute Gasteiger partial charge is 0.507 e. The molecule has 22 heavy (non-hydrogen) atoms. The summed E-state index contributed by atoms with van der Waals surface area (Å²) in [4.78, 5) is 16.8. The molecule has 0 saturated heterocycles. The molecule has 3 aromatic rings. The van der Waals surface area contributed by atoms with Gasteiger partial charge in [0.2, 0.25) is 0 Å². The molecule has 0 fully saturated rings. The van der Waals surface area contributed by atoms with Crippen LogP contribution in [0.3, 0.4) is 0 Å². The molecule has 2 aromatic carbocycles. The highest BCUT2D eigenvalue weighted by molar-refractivity contribution is 7.22. The third-order valence-electron chi connectivity index (χ3n) is 3.35. The molecule has 4 nitrogen and oxygen atoms in total. The minimum Gasteiger partial charge on any atom is -0.507 e. The number of hydrogen-bond donors (Lipinski definition) is 2. The van der Waals surface area contributed by atoms with E-state index in [1.807, 2.05) is 25.1 Å². The molecule has 0 saturated carbocycles. The Bertz CT molecular complexity index is 889. The number of phenolic OH excluding ortho intramolecular Hbond substituents is 1. The van der Waals surface area contributed by atoms with Crippen molar-refractivity contribution in [1.82, 2.24) is 4.98 Å². The third kappa shape index (κ3) is 2.65. The molecule has 112 valence electrons. The average molecular weight is 333 g/mol. The van der Waals surface area contributed by atoms with Crippen molar-refractivity contribution in [3.05, 3.63) is 52.0 Å². The zero-order valence-electron chi connectivity index (χ0n) is 12.0. The lowest BCUT2D eigenvalue weighted by atomic mass is 10.1. The quantitative estimate of drug-likeness (QED) is 0.725. The minimum atomic E-state index is -0.431. The highest BCUT2D eigenvalue weighted by Gasteiger charge is 2.16. The maximum absolute atomic E-state index is 12.3. The van der Waals surface area contributed by atoms with E-state index in [0.717, 1.165) is 15.8 Å². The molecular formula is C16H13ClN2O2S. The fourth-order valence-electron chi connectivity index (χ4n) is 2.21. The lowest BCUT2D eigenvalue weighted by molar-refractivity contribution is 0.102. The molecule has 0 unspecified atom stereocenters. The number of thiazole rings is 1. The van der Waals surface area contributed by atoms with Crippen molar-refractivity contribution < 1.29 is 9.90 Å². The van der Waals surface area contributed by atoms with Crippen molar-refractivity contribution in [3.8, 4) is 5.75 Å². The van der Waals surface area contributed by atoms with Crippen LogP contribution in [-0.4, -0.2) is 16.0 Å². The fourth-order valence-corrected chi connectivity index (χ4v) is 3.42. The van der Waals surface area contributed by atoms with Crippen LogP contribution in [0, 0.1) is 13.8 Å². The fraction of sp³-hybridized carbons (Fsp3) is 0.125. The number of phenols is 1. The highest BCUT2D eigenvalue weighted by Crippen LogP contribution is 2.30. The Morgan fingerprint density at radius 2 is 2.05 bits per heavy atom. The smallest absolute Gasteiger partial charge is 0.261 e. The number of benzene rings is 2. The van der Waals surface area contributed by atoms with E-state index in [2.05, 4.69) is 10.3 Å². The number of fused-ring (bicyclic) bond motifs is 1. The van der Waals surface area contributed by atoms with Crippen molar-refractivity contribution in [2.75, 3.05) is 5.32 Å². The van der Waals surface area contributed by atoms with E-state index in [4.69, 9.17) is 11.6 Å². The van der Waals surface area contributed by atoms with Gasteiger partial charge in [0.1, 0.15) is 5.75 Å². The number of anilines is 1. The first-order valence-corrected chi connectivity index (χ1v) is 7.82. The Hall–Kier alpha value is -2.11.